The Morgan fingerprint density at radius 2 is 2.17 bits per heavy atom. The summed E-state index contributed by atoms with van der Waals surface area (Å²) in [6.07, 6.45) is 0. The van der Waals surface area contributed by atoms with Gasteiger partial charge in [-0.15, -0.1) is 0 Å². The normalized spacial score (nSPS) is 23.2. The number of nitrogens with zero attached hydrogens (tertiary/aromatic N) is 2. The first kappa shape index (κ1) is 13.1. The summed E-state index contributed by atoms with van der Waals surface area (Å²) in [7, 11) is 3.24. The molecule has 0 aliphatic carbocycles. The molecule has 0 saturated heterocycles. The molecule has 0 fully saturated rings. The number of hydrogen-bond acceptors (Lipinski definition) is 4. The molecule has 2 rings (SSSR count). The number of aliphatic imine (C=N–C) groups is 1. The second-order valence-corrected chi connectivity index (χ2v) is 5.70. The lowest BCUT2D eigenvalue weighted by atomic mass is 10.0. The van der Waals surface area contributed by atoms with E-state index >= 15 is 0 Å². The number of carbonyl (C=O) groups is 1. The van der Waals surface area contributed by atoms with Crippen LogP contribution < -0.4 is 10.5 Å². The van der Waals surface area contributed by atoms with E-state index in [1.807, 2.05) is 47.7 Å². The topological polar surface area (TPSA) is 67.9 Å². The number of alkyl halides is 1. The molecule has 0 bridgehead atoms. The third kappa shape index (κ3) is 1.84. The third-order valence-corrected chi connectivity index (χ3v) is 4.30. The van der Waals surface area contributed by atoms with Crippen molar-refractivity contribution in [2.75, 3.05) is 14.2 Å². The van der Waals surface area contributed by atoms with Crippen LogP contribution in [0.15, 0.2) is 23.2 Å². The summed E-state index contributed by atoms with van der Waals surface area (Å²) in [4.78, 5) is 17.8. The predicted octanol–water partition coefficient (Wildman–Crippen LogP) is 1.38. The van der Waals surface area contributed by atoms with Gasteiger partial charge in [-0.2, -0.15) is 0 Å². The Labute approximate surface area is 119 Å². The summed E-state index contributed by atoms with van der Waals surface area (Å²) in [5, 5.41) is 0. The molecule has 18 heavy (non-hydrogen) atoms. The van der Waals surface area contributed by atoms with Crippen molar-refractivity contribution >= 4 is 34.5 Å². The van der Waals surface area contributed by atoms with E-state index < -0.39 is 3.55 Å². The van der Waals surface area contributed by atoms with Crippen molar-refractivity contribution in [1.29, 1.82) is 0 Å². The Hall–Kier alpha value is -1.31. The van der Waals surface area contributed by atoms with Gasteiger partial charge >= 0.3 is 0 Å². The van der Waals surface area contributed by atoms with Gasteiger partial charge in [-0.3, -0.25) is 9.69 Å². The maximum absolute atomic E-state index is 12.2. The summed E-state index contributed by atoms with van der Waals surface area (Å²) < 4.78 is 4.24. The lowest BCUT2D eigenvalue weighted by Crippen LogP contribution is -2.37. The van der Waals surface area contributed by atoms with Crippen LogP contribution >= 0.6 is 22.6 Å². The summed E-state index contributed by atoms with van der Waals surface area (Å²) in [5.41, 5.74) is 7.47. The average molecular weight is 359 g/mol. The van der Waals surface area contributed by atoms with Crippen molar-refractivity contribution in [2.45, 2.75) is 10.5 Å². The van der Waals surface area contributed by atoms with Gasteiger partial charge in [0.2, 0.25) is 3.55 Å². The average Bonchev–Trinajstić information content (AvgIpc) is 2.54. The number of methoxy groups -OCH3 is 1. The monoisotopic (exact) mass is 359 g/mol. The molecule has 6 heteroatoms. The standard InChI is InChI=1S/C12H14IN3O2/c1-7-6-8(4-5-9(7)18-3)12(13)10(17)16(2)11(14)15-12/h4-6H,1-3H3,(H2,14,15)/t12-/m1/s1. The molecule has 1 heterocycles. The maximum Gasteiger partial charge on any atom is 0.271 e. The molecule has 5 nitrogen and oxygen atoms in total. The molecule has 1 aromatic rings. The van der Waals surface area contributed by atoms with E-state index in [1.54, 1.807) is 14.2 Å². The number of nitrogens with two attached hydrogens (primary N) is 1. The Balaban J connectivity index is 2.49. The fourth-order valence-corrected chi connectivity index (χ4v) is 2.82. The van der Waals surface area contributed by atoms with E-state index in [4.69, 9.17) is 10.5 Å². The van der Waals surface area contributed by atoms with Gasteiger partial charge in [0.25, 0.3) is 5.91 Å². The van der Waals surface area contributed by atoms with Gasteiger partial charge in [0.15, 0.2) is 5.96 Å². The highest BCUT2D eigenvalue weighted by molar-refractivity contribution is 14.1. The molecule has 1 amide bonds. The van der Waals surface area contributed by atoms with Crippen LogP contribution in [-0.4, -0.2) is 30.9 Å². The smallest absolute Gasteiger partial charge is 0.271 e. The summed E-state index contributed by atoms with van der Waals surface area (Å²) in [5.74, 6) is 0.891. The van der Waals surface area contributed by atoms with Crippen molar-refractivity contribution in [2.24, 2.45) is 10.7 Å². The quantitative estimate of drug-likeness (QED) is 0.493. The highest BCUT2D eigenvalue weighted by Gasteiger charge is 2.45. The number of hydrogen-bond donors (Lipinski definition) is 1. The molecule has 0 spiro atoms. The number of likely N-dealkylation sites (N-methyl/N-ethyl adjacent to an activating group) is 1. The molecule has 0 unspecified atom stereocenters. The Morgan fingerprint density at radius 1 is 1.50 bits per heavy atom. The van der Waals surface area contributed by atoms with Gasteiger partial charge in [0, 0.05) is 7.05 Å². The van der Waals surface area contributed by atoms with Crippen molar-refractivity contribution in [1.82, 2.24) is 4.90 Å². The zero-order valence-corrected chi connectivity index (χ0v) is 12.6. The number of halogens is 1. The number of ether oxygens (including phenoxy) is 1. The molecule has 96 valence electrons. The van der Waals surface area contributed by atoms with Crippen LogP contribution in [0.3, 0.4) is 0 Å². The molecule has 1 aliphatic heterocycles. The largest absolute Gasteiger partial charge is 0.496 e. The number of carbonyl (C=O) groups excluding carboxylic acids is 1. The minimum atomic E-state index is -0.965. The van der Waals surface area contributed by atoms with Gasteiger partial charge in [0.1, 0.15) is 5.75 Å². The minimum Gasteiger partial charge on any atom is -0.496 e. The van der Waals surface area contributed by atoms with Crippen molar-refractivity contribution in [3.8, 4) is 5.75 Å². The van der Waals surface area contributed by atoms with Gasteiger partial charge < -0.3 is 10.5 Å². The Bertz CT molecular complexity index is 544. The van der Waals surface area contributed by atoms with E-state index in [9.17, 15) is 4.79 Å². The van der Waals surface area contributed by atoms with Gasteiger partial charge in [-0.05, 0) is 52.8 Å². The molecule has 1 aromatic carbocycles. The number of rotatable bonds is 2. The Kier molecular flexibility index (Phi) is 3.22. The van der Waals surface area contributed by atoms with Crippen LogP contribution in [0.2, 0.25) is 0 Å². The van der Waals surface area contributed by atoms with Gasteiger partial charge in [0.05, 0.1) is 7.11 Å². The number of guanidine groups is 1. The summed E-state index contributed by atoms with van der Waals surface area (Å²) >= 11 is 2.03. The van der Waals surface area contributed by atoms with Crippen molar-refractivity contribution < 1.29 is 9.53 Å². The minimum absolute atomic E-state index is 0.134. The molecule has 0 saturated carbocycles. The lowest BCUT2D eigenvalue weighted by Gasteiger charge is -2.19. The van der Waals surface area contributed by atoms with E-state index in [0.29, 0.717) is 0 Å². The summed E-state index contributed by atoms with van der Waals surface area (Å²) in [6.45, 7) is 1.93. The van der Waals surface area contributed by atoms with Crippen LogP contribution in [0.4, 0.5) is 0 Å². The van der Waals surface area contributed by atoms with Gasteiger partial charge in [-0.25, -0.2) is 4.99 Å². The first-order chi connectivity index (χ1) is 8.40. The molecule has 0 radical (unpaired) electrons. The second kappa shape index (κ2) is 4.42. The SMILES string of the molecule is COc1ccc([C@@]2(I)N=C(N)N(C)C2=O)cc1C. The third-order valence-electron chi connectivity index (χ3n) is 2.98. The molecular weight excluding hydrogens is 345 g/mol. The lowest BCUT2D eigenvalue weighted by molar-refractivity contribution is -0.127. The zero-order chi connectivity index (χ0) is 13.5. The molecule has 0 aromatic heterocycles. The highest BCUT2D eigenvalue weighted by Crippen LogP contribution is 2.40. The van der Waals surface area contributed by atoms with Crippen LogP contribution in [0.5, 0.6) is 5.75 Å². The van der Waals surface area contributed by atoms with Gasteiger partial charge in [-0.1, -0.05) is 6.07 Å². The van der Waals surface area contributed by atoms with Crippen LogP contribution in [0.25, 0.3) is 0 Å². The first-order valence-corrected chi connectivity index (χ1v) is 6.45. The molecular formula is C12H14IN3O2. The van der Waals surface area contributed by atoms with E-state index in [2.05, 4.69) is 4.99 Å². The fraction of sp³-hybridized carbons (Fsp3) is 0.333. The van der Waals surface area contributed by atoms with E-state index in [-0.39, 0.29) is 11.9 Å². The highest BCUT2D eigenvalue weighted by atomic mass is 127. The number of benzene rings is 1. The molecule has 2 N–H and O–H groups in total. The molecule has 1 aliphatic rings. The summed E-state index contributed by atoms with van der Waals surface area (Å²) in [6, 6.07) is 5.58. The number of amides is 1. The fourth-order valence-electron chi connectivity index (χ4n) is 1.88. The van der Waals surface area contributed by atoms with Crippen molar-refractivity contribution in [3.05, 3.63) is 29.3 Å². The van der Waals surface area contributed by atoms with Crippen LogP contribution in [0, 0.1) is 6.92 Å². The molecule has 1 atom stereocenters. The zero-order valence-electron chi connectivity index (χ0n) is 10.4. The van der Waals surface area contributed by atoms with Crippen molar-refractivity contribution in [3.63, 3.8) is 0 Å². The van der Waals surface area contributed by atoms with Crippen LogP contribution in [0.1, 0.15) is 11.1 Å². The first-order valence-electron chi connectivity index (χ1n) is 5.37. The number of aryl methyl sites for hydroxylation is 1. The van der Waals surface area contributed by atoms with E-state index in [0.717, 1.165) is 16.9 Å². The second-order valence-electron chi connectivity index (χ2n) is 4.14. The van der Waals surface area contributed by atoms with E-state index in [1.165, 1.54) is 4.90 Å². The Morgan fingerprint density at radius 3 is 2.61 bits per heavy atom. The maximum atomic E-state index is 12.2. The predicted molar refractivity (Wildman–Crippen MR) is 77.8 cm³/mol. The van der Waals surface area contributed by atoms with Crippen LogP contribution in [-0.2, 0) is 8.34 Å².